The predicted molar refractivity (Wildman–Crippen MR) is 211 cm³/mol. The maximum Gasteiger partial charge on any atom is 0.472 e. The largest absolute Gasteiger partial charge is 0.472 e. The summed E-state index contributed by atoms with van der Waals surface area (Å²) in [6, 6.07) is 0. The third-order valence-corrected chi connectivity index (χ3v) is 10.0. The van der Waals surface area contributed by atoms with Gasteiger partial charge >= 0.3 is 19.8 Å². The molecule has 0 saturated carbocycles. The van der Waals surface area contributed by atoms with E-state index in [2.05, 4.69) is 26.0 Å². The second kappa shape index (κ2) is 34.5. The number of hydrogen-bond donors (Lipinski definition) is 1. The Morgan fingerprint density at radius 2 is 1.00 bits per heavy atom. The molecule has 0 heterocycles. The molecule has 0 aliphatic heterocycles. The van der Waals surface area contributed by atoms with Gasteiger partial charge in [0.05, 0.1) is 27.7 Å². The number of ether oxygens (including phenoxy) is 2. The lowest BCUT2D eigenvalue weighted by atomic mass is 10.0. The Balaban J connectivity index is 4.38. The van der Waals surface area contributed by atoms with E-state index in [0.29, 0.717) is 23.9 Å². The number of allylic oxidation sites excluding steroid dienone is 2. The molecule has 0 amide bonds. The highest BCUT2D eigenvalue weighted by Crippen LogP contribution is 2.43. The fourth-order valence-corrected chi connectivity index (χ4v) is 6.46. The van der Waals surface area contributed by atoms with Gasteiger partial charge in [-0.2, -0.15) is 0 Å². The topological polar surface area (TPSA) is 108 Å². The van der Waals surface area contributed by atoms with Crippen molar-refractivity contribution in [2.45, 2.75) is 193 Å². The Morgan fingerprint density at radius 3 is 1.47 bits per heavy atom. The zero-order valence-corrected chi connectivity index (χ0v) is 34.7. The van der Waals surface area contributed by atoms with Gasteiger partial charge in [0.25, 0.3) is 0 Å². The van der Waals surface area contributed by atoms with Crippen LogP contribution in [0, 0.1) is 0 Å². The molecular weight excluding hydrogens is 665 g/mol. The highest BCUT2D eigenvalue weighted by atomic mass is 31.2. The second-order valence-electron chi connectivity index (χ2n) is 15.4. The van der Waals surface area contributed by atoms with Crippen LogP contribution in [0.2, 0.25) is 0 Å². The SMILES string of the molecule is CCCCCC/C=C/CCCCCCCCCC(=O)O[C@H](COC(=O)CCCCCCCCCCCCCC)COP(=O)(O)OCC[N+](C)(C)C. The number of likely N-dealkylation sites (N-methyl/N-ethyl adjacent to an activating group) is 1. The van der Waals surface area contributed by atoms with E-state index >= 15 is 0 Å². The molecule has 0 aliphatic carbocycles. The first-order chi connectivity index (χ1) is 24.5. The summed E-state index contributed by atoms with van der Waals surface area (Å²) in [6.45, 7) is 4.41. The summed E-state index contributed by atoms with van der Waals surface area (Å²) < 4.78 is 34.2. The fourth-order valence-electron chi connectivity index (χ4n) is 5.71. The van der Waals surface area contributed by atoms with E-state index in [1.165, 1.54) is 109 Å². The summed E-state index contributed by atoms with van der Waals surface area (Å²) in [5.41, 5.74) is 0. The lowest BCUT2D eigenvalue weighted by molar-refractivity contribution is -0.870. The first-order valence-corrected chi connectivity index (χ1v) is 22.4. The molecule has 10 heteroatoms. The molecule has 0 aromatic carbocycles. The highest BCUT2D eigenvalue weighted by Gasteiger charge is 2.27. The van der Waals surface area contributed by atoms with E-state index in [1.807, 2.05) is 21.1 Å². The van der Waals surface area contributed by atoms with Crippen molar-refractivity contribution in [3.63, 3.8) is 0 Å². The van der Waals surface area contributed by atoms with Crippen LogP contribution >= 0.6 is 7.82 Å². The molecule has 0 aromatic heterocycles. The molecule has 0 bridgehead atoms. The number of hydrogen-bond acceptors (Lipinski definition) is 7. The fraction of sp³-hybridized carbons (Fsp3) is 0.902. The van der Waals surface area contributed by atoms with Gasteiger partial charge in [-0.1, -0.05) is 148 Å². The first-order valence-electron chi connectivity index (χ1n) is 20.9. The molecule has 1 unspecified atom stereocenters. The Morgan fingerprint density at radius 1 is 0.588 bits per heavy atom. The first kappa shape index (κ1) is 49.8. The van der Waals surface area contributed by atoms with Gasteiger partial charge in [-0.25, -0.2) is 4.57 Å². The highest BCUT2D eigenvalue weighted by molar-refractivity contribution is 7.47. The predicted octanol–water partition coefficient (Wildman–Crippen LogP) is 11.4. The van der Waals surface area contributed by atoms with Crippen LogP contribution in [0.4, 0.5) is 0 Å². The van der Waals surface area contributed by atoms with Gasteiger partial charge in [-0.05, 0) is 38.5 Å². The lowest BCUT2D eigenvalue weighted by Gasteiger charge is -2.24. The van der Waals surface area contributed by atoms with E-state index in [-0.39, 0.29) is 25.6 Å². The van der Waals surface area contributed by atoms with Crippen LogP contribution in [-0.2, 0) is 32.7 Å². The van der Waals surface area contributed by atoms with Crippen LogP contribution in [0.15, 0.2) is 12.2 Å². The summed E-state index contributed by atoms with van der Waals surface area (Å²) in [7, 11) is 1.48. The molecule has 9 nitrogen and oxygen atoms in total. The smallest absolute Gasteiger partial charge is 0.462 e. The van der Waals surface area contributed by atoms with Gasteiger partial charge in [0, 0.05) is 12.8 Å². The van der Waals surface area contributed by atoms with Crippen molar-refractivity contribution < 1.29 is 42.1 Å². The number of esters is 2. The van der Waals surface area contributed by atoms with E-state index in [0.717, 1.165) is 44.9 Å². The van der Waals surface area contributed by atoms with E-state index in [9.17, 15) is 19.0 Å². The van der Waals surface area contributed by atoms with Crippen LogP contribution in [0.3, 0.4) is 0 Å². The van der Waals surface area contributed by atoms with Crippen LogP contribution in [0.1, 0.15) is 187 Å². The Kier molecular flexibility index (Phi) is 33.7. The molecule has 51 heavy (non-hydrogen) atoms. The standard InChI is InChI=1S/C41H80NO8P/c1-6-8-10-12-14-16-18-20-21-22-24-26-28-30-32-34-41(44)50-39(38-49-51(45,46)48-36-35-42(3,4)5)37-47-40(43)33-31-29-27-25-23-19-17-15-13-11-9-7-2/h16,18,39H,6-15,17,19-38H2,1-5H3/p+1/b18-16+/t39-/m1/s1. The van der Waals surface area contributed by atoms with Gasteiger partial charge < -0.3 is 18.9 Å². The third kappa shape index (κ3) is 38.3. The van der Waals surface area contributed by atoms with Crippen molar-refractivity contribution in [1.82, 2.24) is 0 Å². The number of nitrogens with zero attached hydrogens (tertiary/aromatic N) is 1. The molecule has 0 radical (unpaired) electrons. The maximum atomic E-state index is 12.6. The number of carbonyl (C=O) groups excluding carboxylic acids is 2. The number of phosphoric acid groups is 1. The average molecular weight is 747 g/mol. The molecule has 2 atom stereocenters. The molecular formula is C41H81NO8P+. The number of quaternary nitrogens is 1. The van der Waals surface area contributed by atoms with E-state index < -0.39 is 26.5 Å². The van der Waals surface area contributed by atoms with Crippen LogP contribution in [0.25, 0.3) is 0 Å². The van der Waals surface area contributed by atoms with Gasteiger partial charge in [-0.15, -0.1) is 0 Å². The van der Waals surface area contributed by atoms with Crippen LogP contribution in [-0.4, -0.2) is 74.9 Å². The average Bonchev–Trinajstić information content (AvgIpc) is 3.07. The summed E-state index contributed by atoms with van der Waals surface area (Å²) in [4.78, 5) is 35.2. The van der Waals surface area contributed by atoms with Crippen molar-refractivity contribution in [2.24, 2.45) is 0 Å². The zero-order valence-electron chi connectivity index (χ0n) is 33.9. The van der Waals surface area contributed by atoms with Crippen LogP contribution < -0.4 is 0 Å². The van der Waals surface area contributed by atoms with Gasteiger partial charge in [0.2, 0.25) is 0 Å². The number of unbranched alkanes of at least 4 members (excludes halogenated alkanes) is 22. The summed E-state index contributed by atoms with van der Waals surface area (Å²) in [6.07, 6.45) is 33.9. The van der Waals surface area contributed by atoms with Gasteiger partial charge in [0.1, 0.15) is 19.8 Å². The molecule has 0 aliphatic rings. The lowest BCUT2D eigenvalue weighted by Crippen LogP contribution is -2.37. The molecule has 302 valence electrons. The van der Waals surface area contributed by atoms with Crippen molar-refractivity contribution in [1.29, 1.82) is 0 Å². The quantitative estimate of drug-likeness (QED) is 0.0219. The minimum absolute atomic E-state index is 0.0337. The van der Waals surface area contributed by atoms with E-state index in [1.54, 1.807) is 0 Å². The summed E-state index contributed by atoms with van der Waals surface area (Å²) in [5, 5.41) is 0. The Labute approximate surface area is 314 Å². The summed E-state index contributed by atoms with van der Waals surface area (Å²) in [5.74, 6) is -0.797. The maximum absolute atomic E-state index is 12.6. The monoisotopic (exact) mass is 747 g/mol. The van der Waals surface area contributed by atoms with Crippen molar-refractivity contribution in [3.8, 4) is 0 Å². The number of rotatable bonds is 38. The number of phosphoric ester groups is 1. The summed E-state index contributed by atoms with van der Waals surface area (Å²) >= 11 is 0. The molecule has 0 fully saturated rings. The van der Waals surface area contributed by atoms with Gasteiger partial charge in [-0.3, -0.25) is 18.6 Å². The van der Waals surface area contributed by atoms with Gasteiger partial charge in [0.15, 0.2) is 6.10 Å². The van der Waals surface area contributed by atoms with Crippen molar-refractivity contribution in [2.75, 3.05) is 47.5 Å². The number of carbonyl (C=O) groups is 2. The van der Waals surface area contributed by atoms with Crippen molar-refractivity contribution >= 4 is 19.8 Å². The van der Waals surface area contributed by atoms with Crippen molar-refractivity contribution in [3.05, 3.63) is 12.2 Å². The molecule has 1 N–H and O–H groups in total. The minimum atomic E-state index is -4.37. The molecule has 0 spiro atoms. The minimum Gasteiger partial charge on any atom is -0.462 e. The molecule has 0 aromatic rings. The molecule has 0 saturated heterocycles. The Bertz CT molecular complexity index is 891. The zero-order chi connectivity index (χ0) is 37.9. The molecule has 0 rings (SSSR count). The van der Waals surface area contributed by atoms with E-state index in [4.69, 9.17) is 18.5 Å². The van der Waals surface area contributed by atoms with Crippen LogP contribution in [0.5, 0.6) is 0 Å². The normalized spacial score (nSPS) is 13.8. The second-order valence-corrected chi connectivity index (χ2v) is 16.8. The third-order valence-electron chi connectivity index (χ3n) is 9.05. The Hall–Kier alpha value is -1.25.